The van der Waals surface area contributed by atoms with Crippen LogP contribution in [0.4, 0.5) is 15.8 Å². The van der Waals surface area contributed by atoms with Gasteiger partial charge in [0.1, 0.15) is 0 Å². The van der Waals surface area contributed by atoms with Crippen LogP contribution in [0.15, 0.2) is 12.1 Å². The molecule has 0 radical (unpaired) electrons. The molecule has 21 heavy (non-hydrogen) atoms. The van der Waals surface area contributed by atoms with E-state index in [1.54, 1.807) is 6.07 Å². The van der Waals surface area contributed by atoms with E-state index in [1.807, 2.05) is 27.9 Å². The van der Waals surface area contributed by atoms with Crippen LogP contribution >= 0.6 is 0 Å². The standard InChI is InChI=1S/C16H28FN3O/c1-7-20(12(4)10-19(5)6)15-9-16(21-11(2)3)13(17)8-14(15)18/h8-9,11-12H,7,10,18H2,1-6H3. The molecule has 0 aliphatic heterocycles. The lowest BCUT2D eigenvalue weighted by atomic mass is 10.1. The van der Waals surface area contributed by atoms with Gasteiger partial charge >= 0.3 is 0 Å². The summed E-state index contributed by atoms with van der Waals surface area (Å²) in [5, 5.41) is 0. The third kappa shape index (κ3) is 4.77. The van der Waals surface area contributed by atoms with Crippen LogP contribution in [0, 0.1) is 5.82 Å². The highest BCUT2D eigenvalue weighted by Gasteiger charge is 2.19. The molecule has 0 amide bonds. The molecule has 1 rings (SSSR count). The van der Waals surface area contributed by atoms with E-state index in [-0.39, 0.29) is 17.9 Å². The Kier molecular flexibility index (Phi) is 6.27. The molecular weight excluding hydrogens is 269 g/mol. The minimum absolute atomic E-state index is 0.0785. The first kappa shape index (κ1) is 17.6. The summed E-state index contributed by atoms with van der Waals surface area (Å²) in [7, 11) is 4.07. The van der Waals surface area contributed by atoms with Crippen molar-refractivity contribution in [3.8, 4) is 5.75 Å². The number of halogens is 1. The smallest absolute Gasteiger partial charge is 0.167 e. The SMILES string of the molecule is CCN(c1cc(OC(C)C)c(F)cc1N)C(C)CN(C)C. The number of rotatable bonds is 7. The van der Waals surface area contributed by atoms with Crippen LogP contribution in [0.2, 0.25) is 0 Å². The quantitative estimate of drug-likeness (QED) is 0.786. The summed E-state index contributed by atoms with van der Waals surface area (Å²) in [5.74, 6) is -0.161. The predicted octanol–water partition coefficient (Wildman–Crippen LogP) is 2.97. The van der Waals surface area contributed by atoms with Crippen LogP contribution in [-0.4, -0.2) is 44.2 Å². The first-order valence-electron chi connectivity index (χ1n) is 7.43. The molecule has 0 bridgehead atoms. The van der Waals surface area contributed by atoms with Crippen LogP contribution in [0.3, 0.4) is 0 Å². The maximum atomic E-state index is 13.9. The van der Waals surface area contributed by atoms with Crippen molar-refractivity contribution in [2.45, 2.75) is 39.8 Å². The second-order valence-corrected chi connectivity index (χ2v) is 5.91. The molecule has 0 aliphatic rings. The number of hydrogen-bond acceptors (Lipinski definition) is 4. The number of ether oxygens (including phenoxy) is 1. The van der Waals surface area contributed by atoms with E-state index in [2.05, 4.69) is 23.6 Å². The lowest BCUT2D eigenvalue weighted by Crippen LogP contribution is -2.40. The van der Waals surface area contributed by atoms with Gasteiger partial charge in [0, 0.05) is 31.3 Å². The van der Waals surface area contributed by atoms with Gasteiger partial charge in [-0.3, -0.25) is 0 Å². The minimum Gasteiger partial charge on any atom is -0.488 e. The normalized spacial score (nSPS) is 12.8. The largest absolute Gasteiger partial charge is 0.488 e. The Morgan fingerprint density at radius 1 is 1.24 bits per heavy atom. The van der Waals surface area contributed by atoms with Gasteiger partial charge in [-0.25, -0.2) is 4.39 Å². The van der Waals surface area contributed by atoms with E-state index in [4.69, 9.17) is 10.5 Å². The third-order valence-corrected chi connectivity index (χ3v) is 3.26. The Hall–Kier alpha value is -1.49. The van der Waals surface area contributed by atoms with E-state index in [1.165, 1.54) is 6.07 Å². The fourth-order valence-electron chi connectivity index (χ4n) is 2.50. The molecule has 0 heterocycles. The van der Waals surface area contributed by atoms with Gasteiger partial charge in [-0.1, -0.05) is 0 Å². The zero-order valence-electron chi connectivity index (χ0n) is 14.0. The fraction of sp³-hybridized carbons (Fsp3) is 0.625. The molecule has 4 nitrogen and oxygen atoms in total. The van der Waals surface area contributed by atoms with Crippen molar-refractivity contribution in [1.29, 1.82) is 0 Å². The van der Waals surface area contributed by atoms with Crippen molar-refractivity contribution >= 4 is 11.4 Å². The summed E-state index contributed by atoms with van der Waals surface area (Å²) in [6.07, 6.45) is -0.0785. The maximum Gasteiger partial charge on any atom is 0.167 e. The van der Waals surface area contributed by atoms with Crippen molar-refractivity contribution in [3.05, 3.63) is 17.9 Å². The van der Waals surface area contributed by atoms with Crippen LogP contribution in [0.1, 0.15) is 27.7 Å². The Bertz CT molecular complexity index is 463. The molecule has 5 heteroatoms. The average molecular weight is 297 g/mol. The number of likely N-dealkylation sites (N-methyl/N-ethyl adjacent to an activating group) is 2. The molecule has 0 fully saturated rings. The summed E-state index contributed by atoms with van der Waals surface area (Å²) in [6.45, 7) is 9.65. The summed E-state index contributed by atoms with van der Waals surface area (Å²) in [4.78, 5) is 4.29. The topological polar surface area (TPSA) is 41.7 Å². The molecule has 0 saturated heterocycles. The molecule has 0 saturated carbocycles. The molecule has 0 aromatic heterocycles. The number of benzene rings is 1. The zero-order chi connectivity index (χ0) is 16.2. The van der Waals surface area contributed by atoms with Crippen molar-refractivity contribution in [3.63, 3.8) is 0 Å². The van der Waals surface area contributed by atoms with E-state index < -0.39 is 5.82 Å². The molecule has 1 aromatic carbocycles. The van der Waals surface area contributed by atoms with Crippen LogP contribution in [-0.2, 0) is 0 Å². The lowest BCUT2D eigenvalue weighted by molar-refractivity contribution is 0.231. The summed E-state index contributed by atoms with van der Waals surface area (Å²) >= 11 is 0. The number of nitrogen functional groups attached to an aromatic ring is 1. The Morgan fingerprint density at radius 3 is 2.33 bits per heavy atom. The Labute approximate surface area is 127 Å². The second kappa shape index (κ2) is 7.50. The van der Waals surface area contributed by atoms with Crippen molar-refractivity contribution in [2.24, 2.45) is 0 Å². The van der Waals surface area contributed by atoms with Gasteiger partial charge < -0.3 is 20.3 Å². The van der Waals surface area contributed by atoms with E-state index in [0.717, 1.165) is 18.8 Å². The average Bonchev–Trinajstić information content (AvgIpc) is 2.34. The predicted molar refractivity (Wildman–Crippen MR) is 87.6 cm³/mol. The molecule has 1 unspecified atom stereocenters. The molecule has 120 valence electrons. The number of nitrogens with two attached hydrogens (primary N) is 1. The summed E-state index contributed by atoms with van der Waals surface area (Å²) in [5.41, 5.74) is 7.28. The van der Waals surface area contributed by atoms with Crippen LogP contribution in [0.25, 0.3) is 0 Å². The summed E-state index contributed by atoms with van der Waals surface area (Å²) < 4.78 is 19.5. The Morgan fingerprint density at radius 2 is 1.86 bits per heavy atom. The number of anilines is 2. The highest BCUT2D eigenvalue weighted by atomic mass is 19.1. The molecular formula is C16H28FN3O. The van der Waals surface area contributed by atoms with Gasteiger partial charge in [-0.15, -0.1) is 0 Å². The van der Waals surface area contributed by atoms with E-state index >= 15 is 0 Å². The Balaban J connectivity index is 3.13. The summed E-state index contributed by atoms with van der Waals surface area (Å²) in [6, 6.07) is 3.32. The number of hydrogen-bond donors (Lipinski definition) is 1. The minimum atomic E-state index is -0.415. The molecule has 0 spiro atoms. The van der Waals surface area contributed by atoms with Crippen LogP contribution < -0.4 is 15.4 Å². The van der Waals surface area contributed by atoms with E-state index in [0.29, 0.717) is 5.69 Å². The van der Waals surface area contributed by atoms with Gasteiger partial charge in [0.05, 0.1) is 17.5 Å². The maximum absolute atomic E-state index is 13.9. The monoisotopic (exact) mass is 297 g/mol. The fourth-order valence-corrected chi connectivity index (χ4v) is 2.50. The molecule has 1 atom stereocenters. The number of nitrogens with zero attached hydrogens (tertiary/aromatic N) is 2. The van der Waals surface area contributed by atoms with Gasteiger partial charge in [-0.2, -0.15) is 0 Å². The molecule has 2 N–H and O–H groups in total. The van der Waals surface area contributed by atoms with Crippen molar-refractivity contribution in [1.82, 2.24) is 4.90 Å². The van der Waals surface area contributed by atoms with E-state index in [9.17, 15) is 4.39 Å². The third-order valence-electron chi connectivity index (χ3n) is 3.26. The van der Waals surface area contributed by atoms with Gasteiger partial charge in [-0.05, 0) is 41.8 Å². The zero-order valence-corrected chi connectivity index (χ0v) is 14.0. The molecule has 1 aromatic rings. The first-order valence-corrected chi connectivity index (χ1v) is 7.43. The lowest BCUT2D eigenvalue weighted by Gasteiger charge is -2.33. The second-order valence-electron chi connectivity index (χ2n) is 5.91. The highest BCUT2D eigenvalue weighted by molar-refractivity contribution is 5.70. The van der Waals surface area contributed by atoms with Crippen LogP contribution in [0.5, 0.6) is 5.75 Å². The van der Waals surface area contributed by atoms with Crippen molar-refractivity contribution < 1.29 is 9.13 Å². The van der Waals surface area contributed by atoms with Gasteiger partial charge in [0.25, 0.3) is 0 Å². The highest BCUT2D eigenvalue weighted by Crippen LogP contribution is 2.32. The van der Waals surface area contributed by atoms with Gasteiger partial charge in [0.15, 0.2) is 11.6 Å². The van der Waals surface area contributed by atoms with Crippen molar-refractivity contribution in [2.75, 3.05) is 37.8 Å². The first-order chi connectivity index (χ1) is 9.76. The van der Waals surface area contributed by atoms with Gasteiger partial charge in [0.2, 0.25) is 0 Å². The molecule has 0 aliphatic carbocycles.